The van der Waals surface area contributed by atoms with E-state index in [1.54, 1.807) is 0 Å². The van der Waals surface area contributed by atoms with Gasteiger partial charge in [-0.25, -0.2) is 0 Å². The summed E-state index contributed by atoms with van der Waals surface area (Å²) in [5.74, 6) is 0. The minimum absolute atomic E-state index is 0. The van der Waals surface area contributed by atoms with E-state index >= 15 is 0 Å². The molecular weight excluding hydrogens is 386 g/mol. The van der Waals surface area contributed by atoms with Crippen molar-refractivity contribution < 1.29 is 17.1 Å². The van der Waals surface area contributed by atoms with Crippen LogP contribution in [0.3, 0.4) is 0 Å². The van der Waals surface area contributed by atoms with Gasteiger partial charge in [-0.15, -0.1) is 44.3 Å². The van der Waals surface area contributed by atoms with Crippen LogP contribution in [0.2, 0.25) is 0 Å². The Bertz CT molecular complexity index is 381. The summed E-state index contributed by atoms with van der Waals surface area (Å²) in [6, 6.07) is 2.12. The third-order valence-corrected chi connectivity index (χ3v) is 5.62. The van der Waals surface area contributed by atoms with Crippen LogP contribution < -0.4 is 0 Å². The van der Waals surface area contributed by atoms with E-state index < -0.39 is 0 Å². The first-order valence-electron chi connectivity index (χ1n) is 10.5. The number of nitrogens with zero attached hydrogens (tertiary/aromatic N) is 5. The van der Waals surface area contributed by atoms with E-state index in [4.69, 9.17) is 11.8 Å². The largest absolute Gasteiger partial charge is 1.00 e. The molecule has 0 aromatic rings. The summed E-state index contributed by atoms with van der Waals surface area (Å²) in [5.41, 5.74) is 0. The number of hydrogen-bond acceptors (Lipinski definition) is 1. The van der Waals surface area contributed by atoms with E-state index in [2.05, 4.69) is 33.4 Å². The normalized spacial score (nSPS) is 33.3. The van der Waals surface area contributed by atoms with Gasteiger partial charge < -0.3 is 33.1 Å². The molecule has 5 nitrogen and oxygen atoms in total. The summed E-state index contributed by atoms with van der Waals surface area (Å²) in [5, 5.41) is 24.7. The van der Waals surface area contributed by atoms with E-state index in [1.165, 1.54) is 57.8 Å². The minimum atomic E-state index is 0. The zero-order chi connectivity index (χ0) is 18.5. The van der Waals surface area contributed by atoms with Gasteiger partial charge in [0.15, 0.2) is 0 Å². The van der Waals surface area contributed by atoms with Crippen LogP contribution >= 0.6 is 0 Å². The third kappa shape index (κ3) is 9.09. The molecule has 4 aliphatic rings. The van der Waals surface area contributed by atoms with E-state index in [1.807, 2.05) is 0 Å². The maximum absolute atomic E-state index is 6.25. The maximum atomic E-state index is 6.25. The van der Waals surface area contributed by atoms with Gasteiger partial charge in [0.1, 0.15) is 0 Å². The van der Waals surface area contributed by atoms with Gasteiger partial charge in [-0.3, -0.25) is 0 Å². The third-order valence-electron chi connectivity index (χ3n) is 5.62. The first kappa shape index (κ1) is 24.6. The second kappa shape index (κ2) is 15.5. The summed E-state index contributed by atoms with van der Waals surface area (Å²) in [7, 11) is 0. The molecular formula is C21H34CuN5-4. The fourth-order valence-corrected chi connectivity index (χ4v) is 4.19. The van der Waals surface area contributed by atoms with Crippen molar-refractivity contribution in [2.24, 2.45) is 0 Å². The topological polar surface area (TPSA) is 80.2 Å². The van der Waals surface area contributed by atoms with Gasteiger partial charge in [0.05, 0.1) is 0 Å². The van der Waals surface area contributed by atoms with Gasteiger partial charge in [-0.2, -0.15) is 12.1 Å². The summed E-state index contributed by atoms with van der Waals surface area (Å²) in [4.78, 5) is 0. The van der Waals surface area contributed by atoms with Crippen LogP contribution in [0.4, 0.5) is 0 Å². The Morgan fingerprint density at radius 2 is 1.11 bits per heavy atom. The number of piperidine rings is 3. The smallest absolute Gasteiger partial charge is 0.661 e. The Morgan fingerprint density at radius 1 is 0.630 bits per heavy atom. The average molecular weight is 420 g/mol. The molecule has 0 aliphatic carbocycles. The van der Waals surface area contributed by atoms with E-state index in [0.29, 0.717) is 24.2 Å². The van der Waals surface area contributed by atoms with Crippen molar-refractivity contribution >= 4 is 0 Å². The first-order chi connectivity index (χ1) is 12.9. The van der Waals surface area contributed by atoms with Gasteiger partial charge in [-0.1, -0.05) is 70.3 Å². The first-order valence-corrected chi connectivity index (χ1v) is 10.5. The van der Waals surface area contributed by atoms with Crippen molar-refractivity contribution in [2.45, 2.75) is 88.4 Å². The minimum Gasteiger partial charge on any atom is -0.661 e. The number of hydrogen-bond donors (Lipinski definition) is 0. The molecule has 0 amide bonds. The predicted molar refractivity (Wildman–Crippen MR) is 108 cm³/mol. The van der Waals surface area contributed by atoms with Crippen LogP contribution in [0.15, 0.2) is 12.2 Å². The Kier molecular flexibility index (Phi) is 14.1. The van der Waals surface area contributed by atoms with Crippen LogP contribution in [-0.2, 0) is 17.1 Å². The fraction of sp³-hybridized carbons (Fsp3) is 0.857. The molecule has 0 aromatic carbocycles. The van der Waals surface area contributed by atoms with Crippen LogP contribution in [0.25, 0.3) is 21.3 Å². The SMILES string of the molecule is C1=CC(C2CCCC[N-]2)[N-]CC1.C1CCC(C2CCCC[N-]2)[N-]C1.[C-]#N.[Cu+]. The monoisotopic (exact) mass is 419 g/mol. The molecule has 0 spiro atoms. The van der Waals surface area contributed by atoms with E-state index in [-0.39, 0.29) is 17.1 Å². The van der Waals surface area contributed by atoms with Gasteiger partial charge in [0.25, 0.3) is 0 Å². The van der Waals surface area contributed by atoms with Gasteiger partial charge >= 0.3 is 17.1 Å². The Labute approximate surface area is 177 Å². The Hall–Kier alpha value is -0.411. The standard InChI is InChI=1S/C10H18N2.C10H16N2.CN.Cu/c2*1-3-7-11-9(5-1)10-6-2-4-8-12-10;1-2;/h9-10H,1-8H2;1,5,9-10H,2-4,6-8H2;;/q2*-2;-1;+1. The Morgan fingerprint density at radius 3 is 1.48 bits per heavy atom. The van der Waals surface area contributed by atoms with Crippen LogP contribution in [0.5, 0.6) is 0 Å². The van der Waals surface area contributed by atoms with Gasteiger partial charge in [-0.05, 0) is 0 Å². The van der Waals surface area contributed by atoms with E-state index in [9.17, 15) is 0 Å². The molecule has 158 valence electrons. The molecule has 0 aromatic heterocycles. The molecule has 27 heavy (non-hydrogen) atoms. The summed E-state index contributed by atoms with van der Waals surface area (Å²) in [6.45, 7) is 9.01. The molecule has 0 saturated carbocycles. The van der Waals surface area contributed by atoms with Crippen LogP contribution in [0, 0.1) is 11.8 Å². The van der Waals surface area contributed by atoms with Crippen molar-refractivity contribution in [3.05, 3.63) is 40.0 Å². The van der Waals surface area contributed by atoms with Crippen molar-refractivity contribution in [1.29, 1.82) is 5.26 Å². The second-order valence-electron chi connectivity index (χ2n) is 7.52. The van der Waals surface area contributed by atoms with Crippen LogP contribution in [-0.4, -0.2) is 50.3 Å². The molecule has 3 saturated heterocycles. The molecule has 0 bridgehead atoms. The molecule has 4 atom stereocenters. The molecule has 3 fully saturated rings. The van der Waals surface area contributed by atoms with Crippen molar-refractivity contribution in [1.82, 2.24) is 0 Å². The van der Waals surface area contributed by atoms with Crippen molar-refractivity contribution in [3.8, 4) is 0 Å². The summed E-state index contributed by atoms with van der Waals surface area (Å²) < 4.78 is 0. The van der Waals surface area contributed by atoms with Crippen molar-refractivity contribution in [3.63, 3.8) is 0 Å². The predicted octanol–water partition coefficient (Wildman–Crippen LogP) is 5.55. The average Bonchev–Trinajstić information content (AvgIpc) is 2.78. The molecule has 0 radical (unpaired) electrons. The summed E-state index contributed by atoms with van der Waals surface area (Å²) in [6.07, 6.45) is 17.5. The second-order valence-corrected chi connectivity index (χ2v) is 7.52. The van der Waals surface area contributed by atoms with Gasteiger partial charge in [0.2, 0.25) is 0 Å². The van der Waals surface area contributed by atoms with Crippen molar-refractivity contribution in [2.75, 3.05) is 26.2 Å². The fourth-order valence-electron chi connectivity index (χ4n) is 4.19. The summed E-state index contributed by atoms with van der Waals surface area (Å²) >= 11 is 0. The zero-order valence-electron chi connectivity index (χ0n) is 16.4. The molecule has 4 unspecified atom stereocenters. The molecule has 0 N–H and O–H groups in total. The van der Waals surface area contributed by atoms with E-state index in [0.717, 1.165) is 32.6 Å². The maximum Gasteiger partial charge on any atom is 1.00 e. The molecule has 6 heteroatoms. The molecule has 4 heterocycles. The van der Waals surface area contributed by atoms with Gasteiger partial charge in [0, 0.05) is 0 Å². The molecule has 4 rings (SSSR count). The molecule has 4 aliphatic heterocycles. The zero-order valence-corrected chi connectivity index (χ0v) is 17.3. The van der Waals surface area contributed by atoms with Crippen LogP contribution in [0.1, 0.15) is 64.2 Å². The number of rotatable bonds is 2. The Balaban J connectivity index is 0.000000239. The quantitative estimate of drug-likeness (QED) is 0.328.